The van der Waals surface area contributed by atoms with Gasteiger partial charge in [0.05, 0.1) is 12.2 Å². The number of para-hydroxylation sites is 1. The molecule has 0 saturated heterocycles. The first-order valence-corrected chi connectivity index (χ1v) is 8.02. The fourth-order valence-electron chi connectivity index (χ4n) is 2.90. The summed E-state index contributed by atoms with van der Waals surface area (Å²) < 4.78 is 0. The molecule has 1 N–H and O–H groups in total. The number of nitrogens with zero attached hydrogens (tertiary/aromatic N) is 1. The Morgan fingerprint density at radius 1 is 0.917 bits per heavy atom. The second-order valence-corrected chi connectivity index (χ2v) is 5.82. The predicted octanol–water partition coefficient (Wildman–Crippen LogP) is 3.96. The SMILES string of the molecule is O=C(O)CCCC(=O)N1Cc2ccccc2/C=C\c2ccccc21. The van der Waals surface area contributed by atoms with Crippen molar-refractivity contribution < 1.29 is 14.7 Å². The van der Waals surface area contributed by atoms with E-state index in [2.05, 4.69) is 6.08 Å². The second-order valence-electron chi connectivity index (χ2n) is 5.82. The lowest BCUT2D eigenvalue weighted by molar-refractivity contribution is -0.137. The van der Waals surface area contributed by atoms with E-state index in [0.29, 0.717) is 13.0 Å². The Hall–Kier alpha value is -2.88. The maximum Gasteiger partial charge on any atom is 0.303 e. The molecule has 0 spiro atoms. The Morgan fingerprint density at radius 2 is 1.58 bits per heavy atom. The van der Waals surface area contributed by atoms with Crippen molar-refractivity contribution in [1.82, 2.24) is 0 Å². The third-order valence-electron chi connectivity index (χ3n) is 4.14. The smallest absolute Gasteiger partial charge is 0.303 e. The molecule has 0 unspecified atom stereocenters. The Balaban J connectivity index is 1.93. The number of anilines is 1. The van der Waals surface area contributed by atoms with Gasteiger partial charge in [-0.05, 0) is 29.2 Å². The summed E-state index contributed by atoms with van der Waals surface area (Å²) in [5.74, 6) is -0.919. The van der Waals surface area contributed by atoms with Gasteiger partial charge in [-0.2, -0.15) is 0 Å². The average Bonchev–Trinajstić information content (AvgIpc) is 2.56. The van der Waals surface area contributed by atoms with Crippen molar-refractivity contribution in [2.45, 2.75) is 25.8 Å². The molecule has 24 heavy (non-hydrogen) atoms. The van der Waals surface area contributed by atoms with Gasteiger partial charge in [-0.15, -0.1) is 0 Å². The van der Waals surface area contributed by atoms with Crippen LogP contribution in [0.15, 0.2) is 48.5 Å². The van der Waals surface area contributed by atoms with E-state index in [1.54, 1.807) is 4.90 Å². The summed E-state index contributed by atoms with van der Waals surface area (Å²) in [7, 11) is 0. The largest absolute Gasteiger partial charge is 0.481 e. The number of hydrogen-bond acceptors (Lipinski definition) is 2. The molecule has 0 saturated carbocycles. The summed E-state index contributed by atoms with van der Waals surface area (Å²) in [4.78, 5) is 25.2. The number of carbonyl (C=O) groups excluding carboxylic acids is 1. The first-order chi connectivity index (χ1) is 11.6. The van der Waals surface area contributed by atoms with Crippen molar-refractivity contribution >= 4 is 29.7 Å². The van der Waals surface area contributed by atoms with Gasteiger partial charge >= 0.3 is 5.97 Å². The number of amides is 1. The van der Waals surface area contributed by atoms with E-state index < -0.39 is 5.97 Å². The first-order valence-electron chi connectivity index (χ1n) is 8.02. The summed E-state index contributed by atoms with van der Waals surface area (Å²) in [5, 5.41) is 8.77. The second kappa shape index (κ2) is 7.13. The van der Waals surface area contributed by atoms with Crippen LogP contribution in [0.1, 0.15) is 36.0 Å². The van der Waals surface area contributed by atoms with Crippen molar-refractivity contribution in [3.63, 3.8) is 0 Å². The van der Waals surface area contributed by atoms with E-state index >= 15 is 0 Å². The molecule has 0 atom stereocenters. The molecule has 1 heterocycles. The number of aliphatic carboxylic acids is 1. The summed E-state index contributed by atoms with van der Waals surface area (Å²) in [5.41, 5.74) is 4.02. The van der Waals surface area contributed by atoms with Gasteiger partial charge in [0.15, 0.2) is 0 Å². The van der Waals surface area contributed by atoms with E-state index in [4.69, 9.17) is 5.11 Å². The van der Waals surface area contributed by atoms with Gasteiger partial charge in [-0.3, -0.25) is 9.59 Å². The molecular weight excluding hydrogens is 302 g/mol. The third-order valence-corrected chi connectivity index (χ3v) is 4.14. The van der Waals surface area contributed by atoms with Crippen LogP contribution in [0.4, 0.5) is 5.69 Å². The van der Waals surface area contributed by atoms with Crippen LogP contribution in [0.2, 0.25) is 0 Å². The fraction of sp³-hybridized carbons (Fsp3) is 0.200. The molecule has 0 aromatic heterocycles. The predicted molar refractivity (Wildman–Crippen MR) is 94.5 cm³/mol. The molecule has 0 radical (unpaired) electrons. The summed E-state index contributed by atoms with van der Waals surface area (Å²) >= 11 is 0. The number of carbonyl (C=O) groups is 2. The Morgan fingerprint density at radius 3 is 2.38 bits per heavy atom. The van der Waals surface area contributed by atoms with Crippen molar-refractivity contribution in [2.24, 2.45) is 0 Å². The fourth-order valence-corrected chi connectivity index (χ4v) is 2.90. The maximum absolute atomic E-state index is 12.7. The first kappa shape index (κ1) is 16.0. The summed E-state index contributed by atoms with van der Waals surface area (Å²) in [6.45, 7) is 0.490. The van der Waals surface area contributed by atoms with Gasteiger partial charge in [-0.1, -0.05) is 54.6 Å². The van der Waals surface area contributed by atoms with Gasteiger partial charge in [0.25, 0.3) is 0 Å². The van der Waals surface area contributed by atoms with Crippen LogP contribution in [0.3, 0.4) is 0 Å². The number of hydrogen-bond donors (Lipinski definition) is 1. The number of carboxylic acids is 1. The van der Waals surface area contributed by atoms with E-state index in [-0.39, 0.29) is 18.7 Å². The molecule has 0 aliphatic carbocycles. The lowest BCUT2D eigenvalue weighted by Gasteiger charge is -2.27. The highest BCUT2D eigenvalue weighted by atomic mass is 16.4. The van der Waals surface area contributed by atoms with Crippen LogP contribution in [-0.2, 0) is 16.1 Å². The molecule has 1 amide bonds. The minimum Gasteiger partial charge on any atom is -0.481 e. The van der Waals surface area contributed by atoms with E-state index in [0.717, 1.165) is 22.4 Å². The minimum atomic E-state index is -0.871. The third kappa shape index (κ3) is 3.54. The molecule has 122 valence electrons. The minimum absolute atomic E-state index is 0.0116. The van der Waals surface area contributed by atoms with E-state index in [9.17, 15) is 9.59 Å². The molecule has 2 aromatic carbocycles. The van der Waals surface area contributed by atoms with Crippen LogP contribution in [0.25, 0.3) is 12.2 Å². The topological polar surface area (TPSA) is 57.6 Å². The zero-order valence-electron chi connectivity index (χ0n) is 13.3. The Kier molecular flexibility index (Phi) is 4.75. The molecular formula is C20H19NO3. The monoisotopic (exact) mass is 321 g/mol. The molecule has 0 bridgehead atoms. The number of fused-ring (bicyclic) bond motifs is 2. The van der Waals surface area contributed by atoms with E-state index in [1.807, 2.05) is 54.6 Å². The molecule has 4 nitrogen and oxygen atoms in total. The van der Waals surface area contributed by atoms with Crippen LogP contribution in [0.5, 0.6) is 0 Å². The van der Waals surface area contributed by atoms with Crippen LogP contribution in [-0.4, -0.2) is 17.0 Å². The molecule has 1 aliphatic heterocycles. The van der Waals surface area contributed by atoms with Crippen molar-refractivity contribution in [3.05, 3.63) is 65.2 Å². The van der Waals surface area contributed by atoms with Crippen LogP contribution in [0, 0.1) is 0 Å². The van der Waals surface area contributed by atoms with Gasteiger partial charge in [-0.25, -0.2) is 0 Å². The van der Waals surface area contributed by atoms with Crippen LogP contribution < -0.4 is 4.90 Å². The van der Waals surface area contributed by atoms with Crippen LogP contribution >= 0.6 is 0 Å². The lowest BCUT2D eigenvalue weighted by Crippen LogP contribution is -2.31. The van der Waals surface area contributed by atoms with Gasteiger partial charge in [0.2, 0.25) is 5.91 Å². The molecule has 0 fully saturated rings. The van der Waals surface area contributed by atoms with E-state index in [1.165, 1.54) is 0 Å². The van der Waals surface area contributed by atoms with Crippen molar-refractivity contribution in [3.8, 4) is 0 Å². The highest BCUT2D eigenvalue weighted by molar-refractivity contribution is 5.97. The zero-order chi connectivity index (χ0) is 16.9. The highest BCUT2D eigenvalue weighted by Gasteiger charge is 2.20. The Bertz CT molecular complexity index is 795. The Labute approximate surface area is 141 Å². The molecule has 2 aromatic rings. The summed E-state index contributed by atoms with van der Waals surface area (Å²) in [6, 6.07) is 15.8. The van der Waals surface area contributed by atoms with Gasteiger partial charge in [0.1, 0.15) is 0 Å². The lowest BCUT2D eigenvalue weighted by atomic mass is 10.0. The number of carboxylic acid groups (broad SMARTS) is 1. The maximum atomic E-state index is 12.7. The van der Waals surface area contributed by atoms with Crippen molar-refractivity contribution in [2.75, 3.05) is 4.90 Å². The van der Waals surface area contributed by atoms with Gasteiger partial charge in [0, 0.05) is 12.8 Å². The molecule has 3 rings (SSSR count). The number of rotatable bonds is 4. The molecule has 4 heteroatoms. The van der Waals surface area contributed by atoms with Gasteiger partial charge < -0.3 is 10.0 Å². The molecule has 1 aliphatic rings. The summed E-state index contributed by atoms with van der Waals surface area (Å²) in [6.07, 6.45) is 4.68. The quantitative estimate of drug-likeness (QED) is 0.927. The average molecular weight is 321 g/mol. The zero-order valence-corrected chi connectivity index (χ0v) is 13.3. The highest BCUT2D eigenvalue weighted by Crippen LogP contribution is 2.29. The van der Waals surface area contributed by atoms with Crippen molar-refractivity contribution in [1.29, 1.82) is 0 Å². The normalized spacial score (nSPS) is 14.1. The number of benzene rings is 2. The standard InChI is InChI=1S/C20H19NO3/c22-19(10-5-11-20(23)24)21-14-17-8-2-1-6-15(17)12-13-16-7-3-4-9-18(16)21/h1-4,6-9,12-13H,5,10-11,14H2,(H,23,24)/b13-12-.